The molecule has 1 atom stereocenters. The van der Waals surface area contributed by atoms with Crippen molar-refractivity contribution in [2.45, 2.75) is 32.0 Å². The average Bonchev–Trinajstić information content (AvgIpc) is 2.72. The Labute approximate surface area is 169 Å². The average molecular weight is 398 g/mol. The maximum atomic E-state index is 12.3. The molecule has 9 nitrogen and oxygen atoms in total. The van der Waals surface area contributed by atoms with Crippen LogP contribution in [0.25, 0.3) is 0 Å². The molecule has 0 aliphatic rings. The molecular formula is C20H26N6O3. The summed E-state index contributed by atoms with van der Waals surface area (Å²) in [6.07, 6.45) is 2.64. The zero-order valence-corrected chi connectivity index (χ0v) is 16.0. The number of benzene rings is 1. The van der Waals surface area contributed by atoms with Crippen LogP contribution in [0.15, 0.2) is 53.7 Å². The topological polar surface area (TPSA) is 156 Å². The summed E-state index contributed by atoms with van der Waals surface area (Å²) in [7, 11) is 0. The second-order valence-corrected chi connectivity index (χ2v) is 6.44. The van der Waals surface area contributed by atoms with Gasteiger partial charge in [0.2, 0.25) is 0 Å². The maximum Gasteiger partial charge on any atom is 0.326 e. The summed E-state index contributed by atoms with van der Waals surface area (Å²) < 4.78 is 0. The predicted octanol–water partition coefficient (Wildman–Crippen LogP) is 0.608. The third-order valence-electron chi connectivity index (χ3n) is 4.14. The normalized spacial score (nSPS) is 11.4. The van der Waals surface area contributed by atoms with Crippen LogP contribution in [0, 0.1) is 0 Å². The van der Waals surface area contributed by atoms with Gasteiger partial charge in [0, 0.05) is 18.3 Å². The van der Waals surface area contributed by atoms with Crippen molar-refractivity contribution in [2.75, 3.05) is 6.54 Å². The molecule has 0 saturated carbocycles. The van der Waals surface area contributed by atoms with Gasteiger partial charge in [-0.25, -0.2) is 9.79 Å². The summed E-state index contributed by atoms with van der Waals surface area (Å²) in [6.45, 7) is 1.54. The number of carbonyl (C=O) groups is 2. The molecule has 1 aromatic carbocycles. The largest absolute Gasteiger partial charge is 0.480 e. The van der Waals surface area contributed by atoms with E-state index in [4.69, 9.17) is 11.5 Å². The minimum absolute atomic E-state index is 0.00867. The van der Waals surface area contributed by atoms with Crippen LogP contribution in [0.4, 0.5) is 0 Å². The third kappa shape index (κ3) is 7.97. The quantitative estimate of drug-likeness (QED) is 0.211. The van der Waals surface area contributed by atoms with Gasteiger partial charge in [-0.15, -0.1) is 0 Å². The van der Waals surface area contributed by atoms with Gasteiger partial charge in [0.05, 0.1) is 12.2 Å². The van der Waals surface area contributed by atoms with Crippen molar-refractivity contribution in [3.63, 3.8) is 0 Å². The summed E-state index contributed by atoms with van der Waals surface area (Å²) in [5.74, 6) is -1.51. The number of aromatic nitrogens is 1. The van der Waals surface area contributed by atoms with Crippen LogP contribution >= 0.6 is 0 Å². The molecule has 1 heterocycles. The molecule has 0 aliphatic heterocycles. The minimum atomic E-state index is -1.06. The van der Waals surface area contributed by atoms with Crippen molar-refractivity contribution >= 4 is 17.8 Å². The Kier molecular flexibility index (Phi) is 8.58. The number of carboxylic acids is 1. The minimum Gasteiger partial charge on any atom is -0.480 e. The lowest BCUT2D eigenvalue weighted by atomic mass is 10.1. The van der Waals surface area contributed by atoms with Gasteiger partial charge in [-0.1, -0.05) is 18.2 Å². The highest BCUT2D eigenvalue weighted by Gasteiger charge is 2.20. The first-order chi connectivity index (χ1) is 14.0. The molecular weight excluding hydrogens is 372 g/mol. The van der Waals surface area contributed by atoms with Gasteiger partial charge >= 0.3 is 5.97 Å². The zero-order valence-electron chi connectivity index (χ0n) is 16.0. The molecule has 1 amide bonds. The van der Waals surface area contributed by atoms with Crippen molar-refractivity contribution in [3.05, 3.63) is 65.5 Å². The number of pyridine rings is 1. The lowest BCUT2D eigenvalue weighted by Gasteiger charge is -2.15. The SMILES string of the molecule is NC(N)=NCc1ccc(C(=O)N[C@@H](CCCNCc2ccccn2)C(=O)O)cc1. The van der Waals surface area contributed by atoms with E-state index >= 15 is 0 Å². The van der Waals surface area contributed by atoms with Gasteiger partial charge in [-0.05, 0) is 49.2 Å². The number of rotatable bonds is 11. The van der Waals surface area contributed by atoms with E-state index in [-0.39, 0.29) is 5.96 Å². The number of nitrogens with one attached hydrogen (secondary N) is 2. The Morgan fingerprint density at radius 2 is 1.90 bits per heavy atom. The first-order valence-corrected chi connectivity index (χ1v) is 9.24. The number of amides is 1. The summed E-state index contributed by atoms with van der Waals surface area (Å²) in [5.41, 5.74) is 12.7. The van der Waals surface area contributed by atoms with Crippen molar-refractivity contribution in [2.24, 2.45) is 16.5 Å². The molecule has 2 aromatic rings. The van der Waals surface area contributed by atoms with Crippen LogP contribution in [0.1, 0.15) is 34.5 Å². The maximum absolute atomic E-state index is 12.3. The van der Waals surface area contributed by atoms with Gasteiger partial charge in [0.15, 0.2) is 5.96 Å². The third-order valence-corrected chi connectivity index (χ3v) is 4.14. The van der Waals surface area contributed by atoms with Crippen molar-refractivity contribution < 1.29 is 14.7 Å². The number of aliphatic imine (C=N–C) groups is 1. The predicted molar refractivity (Wildman–Crippen MR) is 110 cm³/mol. The summed E-state index contributed by atoms with van der Waals surface area (Å²) in [6, 6.07) is 11.4. The van der Waals surface area contributed by atoms with E-state index in [1.807, 2.05) is 18.2 Å². The molecule has 0 bridgehead atoms. The number of guanidine groups is 1. The van der Waals surface area contributed by atoms with E-state index in [0.29, 0.717) is 38.0 Å². The number of carboxylic acid groups (broad SMARTS) is 1. The lowest BCUT2D eigenvalue weighted by Crippen LogP contribution is -2.41. The highest BCUT2D eigenvalue weighted by atomic mass is 16.4. The van der Waals surface area contributed by atoms with Crippen molar-refractivity contribution in [1.29, 1.82) is 0 Å². The van der Waals surface area contributed by atoms with Crippen LogP contribution in [0.3, 0.4) is 0 Å². The molecule has 7 N–H and O–H groups in total. The summed E-state index contributed by atoms with van der Waals surface area (Å²) in [5, 5.41) is 15.2. The molecule has 29 heavy (non-hydrogen) atoms. The van der Waals surface area contributed by atoms with Crippen LogP contribution in [-0.2, 0) is 17.9 Å². The smallest absolute Gasteiger partial charge is 0.326 e. The Hall–Kier alpha value is -3.46. The van der Waals surface area contributed by atoms with Gasteiger partial charge < -0.3 is 27.2 Å². The molecule has 0 spiro atoms. The van der Waals surface area contributed by atoms with Crippen LogP contribution in [-0.4, -0.2) is 40.5 Å². The fourth-order valence-electron chi connectivity index (χ4n) is 2.59. The molecule has 0 unspecified atom stereocenters. The highest BCUT2D eigenvalue weighted by molar-refractivity contribution is 5.96. The molecule has 2 rings (SSSR count). The Bertz CT molecular complexity index is 820. The van der Waals surface area contributed by atoms with E-state index in [9.17, 15) is 14.7 Å². The van der Waals surface area contributed by atoms with E-state index in [1.54, 1.807) is 30.5 Å². The van der Waals surface area contributed by atoms with Gasteiger partial charge in [0.1, 0.15) is 6.04 Å². The van der Waals surface area contributed by atoms with Gasteiger partial charge in [0.25, 0.3) is 5.91 Å². The highest BCUT2D eigenvalue weighted by Crippen LogP contribution is 2.07. The Morgan fingerprint density at radius 3 is 2.52 bits per heavy atom. The molecule has 0 saturated heterocycles. The zero-order chi connectivity index (χ0) is 21.1. The number of hydrogen-bond acceptors (Lipinski definition) is 5. The summed E-state index contributed by atoms with van der Waals surface area (Å²) in [4.78, 5) is 31.9. The van der Waals surface area contributed by atoms with E-state index < -0.39 is 17.9 Å². The molecule has 154 valence electrons. The second-order valence-electron chi connectivity index (χ2n) is 6.44. The first kappa shape index (κ1) is 21.8. The molecule has 1 aromatic heterocycles. The van der Waals surface area contributed by atoms with Crippen LogP contribution in [0.2, 0.25) is 0 Å². The van der Waals surface area contributed by atoms with Gasteiger partial charge in [-0.2, -0.15) is 0 Å². The van der Waals surface area contributed by atoms with Crippen molar-refractivity contribution in [3.8, 4) is 0 Å². The van der Waals surface area contributed by atoms with E-state index in [2.05, 4.69) is 20.6 Å². The Balaban J connectivity index is 1.79. The fourth-order valence-corrected chi connectivity index (χ4v) is 2.59. The molecule has 0 radical (unpaired) electrons. The molecule has 0 aliphatic carbocycles. The number of carbonyl (C=O) groups excluding carboxylic acids is 1. The first-order valence-electron chi connectivity index (χ1n) is 9.24. The van der Waals surface area contributed by atoms with Crippen LogP contribution < -0.4 is 22.1 Å². The molecule has 9 heteroatoms. The fraction of sp³-hybridized carbons (Fsp3) is 0.300. The van der Waals surface area contributed by atoms with Crippen molar-refractivity contribution in [1.82, 2.24) is 15.6 Å². The second kappa shape index (κ2) is 11.4. The van der Waals surface area contributed by atoms with Crippen LogP contribution in [0.5, 0.6) is 0 Å². The monoisotopic (exact) mass is 398 g/mol. The number of nitrogens with zero attached hydrogens (tertiary/aromatic N) is 2. The number of aliphatic carboxylic acids is 1. The van der Waals surface area contributed by atoms with E-state index in [1.165, 1.54) is 0 Å². The number of hydrogen-bond donors (Lipinski definition) is 5. The molecule has 0 fully saturated rings. The van der Waals surface area contributed by atoms with E-state index in [0.717, 1.165) is 11.3 Å². The Morgan fingerprint density at radius 1 is 1.14 bits per heavy atom. The standard InChI is InChI=1S/C20H26N6O3/c21-20(22)25-12-14-6-8-15(9-7-14)18(27)26-17(19(28)29)5-3-10-23-13-16-4-1-2-11-24-16/h1-2,4,6-9,11,17,23H,3,5,10,12-13H2,(H,26,27)(H,28,29)(H4,21,22,25)/t17-/m0/s1. The summed E-state index contributed by atoms with van der Waals surface area (Å²) >= 11 is 0. The number of nitrogens with two attached hydrogens (primary N) is 2. The lowest BCUT2D eigenvalue weighted by molar-refractivity contribution is -0.139. The van der Waals surface area contributed by atoms with Gasteiger partial charge in [-0.3, -0.25) is 9.78 Å².